The molecule has 0 spiro atoms. The lowest BCUT2D eigenvalue weighted by Gasteiger charge is -2.23. The van der Waals surface area contributed by atoms with Gasteiger partial charge in [-0.05, 0) is 59.3 Å². The average Bonchev–Trinajstić information content (AvgIpc) is 3.26. The molecule has 2 nitrogen and oxygen atoms in total. The first-order chi connectivity index (χ1) is 16.7. The first-order valence-corrected chi connectivity index (χ1v) is 12.4. The molecule has 0 saturated carbocycles. The quantitative estimate of drug-likeness (QED) is 0.269. The molecule has 0 atom stereocenters. The molecule has 4 heteroatoms. The van der Waals surface area contributed by atoms with Gasteiger partial charge in [0.15, 0.2) is 0 Å². The summed E-state index contributed by atoms with van der Waals surface area (Å²) in [5.74, 6) is 0. The van der Waals surface area contributed by atoms with Crippen LogP contribution >= 0.6 is 23.4 Å². The molecule has 0 saturated heterocycles. The second-order valence-electron chi connectivity index (χ2n) is 8.51. The lowest BCUT2D eigenvalue weighted by Crippen LogP contribution is -2.01. The number of para-hydroxylation sites is 3. The normalized spacial score (nSPS) is 12.4. The Morgan fingerprint density at radius 1 is 0.676 bits per heavy atom. The molecule has 7 rings (SSSR count). The van der Waals surface area contributed by atoms with Crippen molar-refractivity contribution >= 4 is 56.4 Å². The minimum atomic E-state index is 0.759. The number of fused-ring (bicyclic) bond motifs is 4. The SMILES string of the molecule is Clc1ccc2cc(-n3cc(-c4cccc5c4Nc4ccccc4S5)c4ccccc43)ccc2c1. The van der Waals surface area contributed by atoms with Crippen molar-refractivity contribution in [3.8, 4) is 16.8 Å². The summed E-state index contributed by atoms with van der Waals surface area (Å²) in [7, 11) is 0. The van der Waals surface area contributed by atoms with Gasteiger partial charge in [-0.15, -0.1) is 0 Å². The summed E-state index contributed by atoms with van der Waals surface area (Å²) >= 11 is 8.02. The highest BCUT2D eigenvalue weighted by atomic mass is 35.5. The zero-order chi connectivity index (χ0) is 22.6. The smallest absolute Gasteiger partial charge is 0.0606 e. The molecule has 34 heavy (non-hydrogen) atoms. The molecular formula is C30H19ClN2S. The maximum Gasteiger partial charge on any atom is 0.0606 e. The van der Waals surface area contributed by atoms with Gasteiger partial charge in [0.1, 0.15) is 0 Å². The fourth-order valence-electron chi connectivity index (χ4n) is 4.84. The molecule has 0 amide bonds. The Labute approximate surface area is 206 Å². The minimum absolute atomic E-state index is 0.759. The molecule has 0 bridgehead atoms. The predicted molar refractivity (Wildman–Crippen MR) is 145 cm³/mol. The maximum absolute atomic E-state index is 6.20. The first kappa shape index (κ1) is 19.8. The number of rotatable bonds is 2. The van der Waals surface area contributed by atoms with Crippen molar-refractivity contribution in [2.75, 3.05) is 5.32 Å². The van der Waals surface area contributed by atoms with E-state index in [0.29, 0.717) is 0 Å². The Hall–Kier alpha value is -3.66. The third kappa shape index (κ3) is 3.12. The lowest BCUT2D eigenvalue weighted by atomic mass is 10.0. The highest BCUT2D eigenvalue weighted by Crippen LogP contribution is 2.49. The summed E-state index contributed by atoms with van der Waals surface area (Å²) in [6.07, 6.45) is 2.27. The van der Waals surface area contributed by atoms with Crippen LogP contribution in [0.15, 0.2) is 119 Å². The predicted octanol–water partition coefficient (Wildman–Crippen LogP) is 9.31. The topological polar surface area (TPSA) is 17.0 Å². The van der Waals surface area contributed by atoms with Crippen LogP contribution in [0.3, 0.4) is 0 Å². The van der Waals surface area contributed by atoms with Crippen LogP contribution < -0.4 is 5.32 Å². The van der Waals surface area contributed by atoms with E-state index >= 15 is 0 Å². The molecule has 1 aliphatic heterocycles. The van der Waals surface area contributed by atoms with Crippen molar-refractivity contribution in [3.63, 3.8) is 0 Å². The number of hydrogen-bond acceptors (Lipinski definition) is 2. The zero-order valence-electron chi connectivity index (χ0n) is 18.1. The number of halogens is 1. The molecule has 0 fully saturated rings. The van der Waals surface area contributed by atoms with E-state index in [1.807, 2.05) is 23.9 Å². The largest absolute Gasteiger partial charge is 0.353 e. The minimum Gasteiger partial charge on any atom is -0.353 e. The summed E-state index contributed by atoms with van der Waals surface area (Å²) in [5, 5.41) is 8.02. The van der Waals surface area contributed by atoms with Gasteiger partial charge in [0.25, 0.3) is 0 Å². The van der Waals surface area contributed by atoms with Crippen molar-refractivity contribution in [1.29, 1.82) is 0 Å². The zero-order valence-corrected chi connectivity index (χ0v) is 19.7. The fraction of sp³-hybridized carbons (Fsp3) is 0. The summed E-state index contributed by atoms with van der Waals surface area (Å²) in [6.45, 7) is 0. The standard InChI is InChI=1S/C30H19ClN2S/c31-21-14-12-20-17-22(15-13-19(20)16-21)33-18-25(23-6-1-3-9-27(23)33)24-7-5-11-29-30(24)32-26-8-2-4-10-28(26)34-29/h1-18,32H. The molecule has 1 aliphatic rings. The van der Waals surface area contributed by atoms with E-state index in [1.165, 1.54) is 42.9 Å². The van der Waals surface area contributed by atoms with Crippen LogP contribution in [0.2, 0.25) is 5.02 Å². The third-order valence-electron chi connectivity index (χ3n) is 6.46. The van der Waals surface area contributed by atoms with E-state index < -0.39 is 0 Å². The Balaban J connectivity index is 1.43. The van der Waals surface area contributed by atoms with Gasteiger partial charge in [-0.3, -0.25) is 0 Å². The second kappa shape index (κ2) is 7.69. The van der Waals surface area contributed by atoms with Crippen LogP contribution in [-0.4, -0.2) is 4.57 Å². The molecule has 0 aliphatic carbocycles. The van der Waals surface area contributed by atoms with Crippen LogP contribution in [0.4, 0.5) is 11.4 Å². The number of nitrogens with one attached hydrogen (secondary N) is 1. The third-order valence-corrected chi connectivity index (χ3v) is 7.83. The van der Waals surface area contributed by atoms with Crippen molar-refractivity contribution in [1.82, 2.24) is 4.57 Å². The van der Waals surface area contributed by atoms with E-state index in [-0.39, 0.29) is 0 Å². The molecular weight excluding hydrogens is 456 g/mol. The van der Waals surface area contributed by atoms with Gasteiger partial charge in [0.05, 0.1) is 16.9 Å². The summed E-state index contributed by atoms with van der Waals surface area (Å²) < 4.78 is 2.29. The van der Waals surface area contributed by atoms with Crippen LogP contribution in [0.25, 0.3) is 38.5 Å². The van der Waals surface area contributed by atoms with Gasteiger partial charge in [-0.25, -0.2) is 0 Å². The Kier molecular flexibility index (Phi) is 4.48. The van der Waals surface area contributed by atoms with Crippen molar-refractivity contribution < 1.29 is 0 Å². The Bertz CT molecular complexity index is 1730. The second-order valence-corrected chi connectivity index (χ2v) is 10.0. The summed E-state index contributed by atoms with van der Waals surface area (Å²) in [4.78, 5) is 2.50. The van der Waals surface area contributed by atoms with E-state index in [1.54, 1.807) is 0 Å². The van der Waals surface area contributed by atoms with E-state index in [0.717, 1.165) is 21.8 Å². The van der Waals surface area contributed by atoms with Gasteiger partial charge in [-0.2, -0.15) is 0 Å². The van der Waals surface area contributed by atoms with Crippen LogP contribution in [0.1, 0.15) is 0 Å². The summed E-state index contributed by atoms with van der Waals surface area (Å²) in [5.41, 5.74) is 7.08. The molecule has 162 valence electrons. The number of benzene rings is 5. The van der Waals surface area contributed by atoms with Gasteiger partial charge >= 0.3 is 0 Å². The van der Waals surface area contributed by atoms with Gasteiger partial charge in [0, 0.05) is 43.2 Å². The molecule has 1 aromatic heterocycles. The fourth-order valence-corrected chi connectivity index (χ4v) is 6.05. The van der Waals surface area contributed by atoms with Crippen LogP contribution in [0, 0.1) is 0 Å². The van der Waals surface area contributed by atoms with E-state index in [2.05, 4.69) is 107 Å². The maximum atomic E-state index is 6.20. The lowest BCUT2D eigenvalue weighted by molar-refractivity contribution is 1.13. The van der Waals surface area contributed by atoms with Gasteiger partial charge < -0.3 is 9.88 Å². The summed E-state index contributed by atoms with van der Waals surface area (Å²) in [6, 6.07) is 36.3. The molecule has 5 aromatic carbocycles. The van der Waals surface area contributed by atoms with Gasteiger partial charge in [0.2, 0.25) is 0 Å². The number of hydrogen-bond donors (Lipinski definition) is 1. The number of nitrogens with zero attached hydrogens (tertiary/aromatic N) is 1. The Morgan fingerprint density at radius 2 is 1.47 bits per heavy atom. The average molecular weight is 475 g/mol. The van der Waals surface area contributed by atoms with Crippen molar-refractivity contribution in [2.45, 2.75) is 9.79 Å². The monoisotopic (exact) mass is 474 g/mol. The van der Waals surface area contributed by atoms with Crippen LogP contribution in [-0.2, 0) is 0 Å². The molecule has 1 N–H and O–H groups in total. The molecule has 0 radical (unpaired) electrons. The first-order valence-electron chi connectivity index (χ1n) is 11.2. The Morgan fingerprint density at radius 3 is 2.44 bits per heavy atom. The molecule has 6 aromatic rings. The number of aromatic nitrogens is 1. The molecule has 0 unspecified atom stereocenters. The number of anilines is 2. The van der Waals surface area contributed by atoms with E-state index in [4.69, 9.17) is 11.6 Å². The molecule has 2 heterocycles. The highest BCUT2D eigenvalue weighted by Gasteiger charge is 2.21. The van der Waals surface area contributed by atoms with Crippen molar-refractivity contribution in [2.24, 2.45) is 0 Å². The van der Waals surface area contributed by atoms with Gasteiger partial charge in [-0.1, -0.05) is 78.0 Å². The van der Waals surface area contributed by atoms with E-state index in [9.17, 15) is 0 Å². The van der Waals surface area contributed by atoms with Crippen molar-refractivity contribution in [3.05, 3.63) is 114 Å². The highest BCUT2D eigenvalue weighted by molar-refractivity contribution is 7.99. The van der Waals surface area contributed by atoms with Crippen LogP contribution in [0.5, 0.6) is 0 Å².